The lowest BCUT2D eigenvalue weighted by molar-refractivity contribution is -0.120. The Kier molecular flexibility index (Phi) is 5.93. The summed E-state index contributed by atoms with van der Waals surface area (Å²) in [4.78, 5) is 16.2. The summed E-state index contributed by atoms with van der Waals surface area (Å²) in [5.74, 6) is 0.516. The minimum atomic E-state index is 0.00557. The van der Waals surface area contributed by atoms with Crippen LogP contribution in [0.25, 0.3) is 0 Å². The number of carbonyl (C=O) groups is 1. The highest BCUT2D eigenvalue weighted by Gasteiger charge is 2.27. The van der Waals surface area contributed by atoms with Crippen molar-refractivity contribution in [2.45, 2.75) is 19.0 Å². The van der Waals surface area contributed by atoms with Crippen molar-refractivity contribution in [1.29, 1.82) is 0 Å². The number of hydrogen-bond donors (Lipinski definition) is 3. The van der Waals surface area contributed by atoms with E-state index in [1.54, 1.807) is 6.20 Å². The maximum absolute atomic E-state index is 12.0. The Bertz CT molecular complexity index is 632. The first kappa shape index (κ1) is 16.6. The molecule has 0 radical (unpaired) electrons. The number of amides is 1. The molecule has 126 valence electrons. The smallest absolute Gasteiger partial charge is 0.234 e. The van der Waals surface area contributed by atoms with Crippen LogP contribution >= 0.6 is 0 Å². The number of hydrogen-bond acceptors (Lipinski definition) is 4. The standard InChI is InChI=1S/C19H24N4O/c24-19(23-12-17-8-4-5-9-21-17)14-22-18-13-20-11-16(18)10-15-6-2-1-3-7-15/h1-9,16,18,20,22H,10-14H2,(H,23,24)/t16-,18+/m0/s1. The van der Waals surface area contributed by atoms with Gasteiger partial charge in [0.05, 0.1) is 18.8 Å². The zero-order valence-electron chi connectivity index (χ0n) is 13.7. The van der Waals surface area contributed by atoms with Crippen molar-refractivity contribution < 1.29 is 4.79 Å². The summed E-state index contributed by atoms with van der Waals surface area (Å²) in [6, 6.07) is 16.5. The molecule has 0 saturated carbocycles. The molecule has 3 N–H and O–H groups in total. The summed E-state index contributed by atoms with van der Waals surface area (Å²) in [6.07, 6.45) is 2.76. The van der Waals surface area contributed by atoms with Crippen LogP contribution in [0.5, 0.6) is 0 Å². The molecule has 3 rings (SSSR count). The van der Waals surface area contributed by atoms with Crippen molar-refractivity contribution in [2.75, 3.05) is 19.6 Å². The predicted molar refractivity (Wildman–Crippen MR) is 94.4 cm³/mol. The predicted octanol–water partition coefficient (Wildman–Crippen LogP) is 1.12. The van der Waals surface area contributed by atoms with E-state index in [-0.39, 0.29) is 5.91 Å². The second kappa shape index (κ2) is 8.57. The summed E-state index contributed by atoms with van der Waals surface area (Å²) in [5.41, 5.74) is 2.22. The average molecular weight is 324 g/mol. The molecular formula is C19H24N4O. The Morgan fingerprint density at radius 1 is 1.12 bits per heavy atom. The first-order valence-corrected chi connectivity index (χ1v) is 8.46. The van der Waals surface area contributed by atoms with Crippen molar-refractivity contribution in [1.82, 2.24) is 20.9 Å². The van der Waals surface area contributed by atoms with E-state index < -0.39 is 0 Å². The van der Waals surface area contributed by atoms with Crippen LogP contribution in [0.2, 0.25) is 0 Å². The molecular weight excluding hydrogens is 300 g/mol. The molecule has 5 heteroatoms. The Morgan fingerprint density at radius 3 is 2.75 bits per heavy atom. The third-order valence-electron chi connectivity index (χ3n) is 4.40. The highest BCUT2D eigenvalue weighted by atomic mass is 16.1. The van der Waals surface area contributed by atoms with E-state index >= 15 is 0 Å². The number of pyridine rings is 1. The molecule has 0 bridgehead atoms. The zero-order valence-corrected chi connectivity index (χ0v) is 13.7. The van der Waals surface area contributed by atoms with Crippen molar-refractivity contribution >= 4 is 5.91 Å². The summed E-state index contributed by atoms with van der Waals surface area (Å²) >= 11 is 0. The van der Waals surface area contributed by atoms with Crippen LogP contribution in [-0.2, 0) is 17.8 Å². The molecule has 1 fully saturated rings. The molecule has 5 nitrogen and oxygen atoms in total. The van der Waals surface area contributed by atoms with Gasteiger partial charge in [0, 0.05) is 18.8 Å². The molecule has 0 spiro atoms. The van der Waals surface area contributed by atoms with E-state index in [4.69, 9.17) is 0 Å². The third-order valence-corrected chi connectivity index (χ3v) is 4.40. The Balaban J connectivity index is 1.42. The minimum absolute atomic E-state index is 0.00557. The summed E-state index contributed by atoms with van der Waals surface area (Å²) in [7, 11) is 0. The minimum Gasteiger partial charge on any atom is -0.349 e. The van der Waals surface area contributed by atoms with Gasteiger partial charge in [0.15, 0.2) is 0 Å². The molecule has 24 heavy (non-hydrogen) atoms. The third kappa shape index (κ3) is 4.88. The van der Waals surface area contributed by atoms with Gasteiger partial charge in [0.2, 0.25) is 5.91 Å². The van der Waals surface area contributed by atoms with Crippen LogP contribution < -0.4 is 16.0 Å². The number of carbonyl (C=O) groups excluding carboxylic acids is 1. The van der Waals surface area contributed by atoms with Gasteiger partial charge < -0.3 is 16.0 Å². The Morgan fingerprint density at radius 2 is 1.96 bits per heavy atom. The van der Waals surface area contributed by atoms with E-state index in [0.717, 1.165) is 25.2 Å². The number of aromatic nitrogens is 1. The highest BCUT2D eigenvalue weighted by molar-refractivity contribution is 5.77. The van der Waals surface area contributed by atoms with E-state index in [1.165, 1.54) is 5.56 Å². The molecule has 1 aliphatic rings. The van der Waals surface area contributed by atoms with Gasteiger partial charge in [-0.3, -0.25) is 9.78 Å². The monoisotopic (exact) mass is 324 g/mol. The van der Waals surface area contributed by atoms with Gasteiger partial charge in [-0.2, -0.15) is 0 Å². The Hall–Kier alpha value is -2.24. The molecule has 1 aliphatic heterocycles. The number of rotatable bonds is 7. The fourth-order valence-corrected chi connectivity index (χ4v) is 3.08. The molecule has 2 heterocycles. The van der Waals surface area contributed by atoms with Crippen LogP contribution in [0, 0.1) is 5.92 Å². The zero-order chi connectivity index (χ0) is 16.6. The summed E-state index contributed by atoms with van der Waals surface area (Å²) in [5, 5.41) is 9.72. The second-order valence-electron chi connectivity index (χ2n) is 6.19. The average Bonchev–Trinajstić information content (AvgIpc) is 3.07. The number of nitrogens with zero attached hydrogens (tertiary/aromatic N) is 1. The fourth-order valence-electron chi connectivity index (χ4n) is 3.08. The first-order chi connectivity index (χ1) is 11.8. The van der Waals surface area contributed by atoms with Crippen molar-refractivity contribution in [3.05, 3.63) is 66.0 Å². The molecule has 1 aromatic carbocycles. The van der Waals surface area contributed by atoms with Crippen LogP contribution in [-0.4, -0.2) is 36.6 Å². The van der Waals surface area contributed by atoms with Gasteiger partial charge in [0.25, 0.3) is 0 Å². The summed E-state index contributed by atoms with van der Waals surface area (Å²) < 4.78 is 0. The number of benzene rings is 1. The van der Waals surface area contributed by atoms with Gasteiger partial charge >= 0.3 is 0 Å². The fraction of sp³-hybridized carbons (Fsp3) is 0.368. The number of nitrogens with one attached hydrogen (secondary N) is 3. The van der Waals surface area contributed by atoms with Gasteiger partial charge in [-0.05, 0) is 36.6 Å². The first-order valence-electron chi connectivity index (χ1n) is 8.46. The maximum atomic E-state index is 12.0. The lowest BCUT2D eigenvalue weighted by Gasteiger charge is -2.20. The van der Waals surface area contributed by atoms with Crippen molar-refractivity contribution in [3.8, 4) is 0 Å². The largest absolute Gasteiger partial charge is 0.349 e. The van der Waals surface area contributed by atoms with Crippen molar-refractivity contribution in [3.63, 3.8) is 0 Å². The van der Waals surface area contributed by atoms with E-state index in [9.17, 15) is 4.79 Å². The second-order valence-corrected chi connectivity index (χ2v) is 6.19. The lowest BCUT2D eigenvalue weighted by atomic mass is 9.95. The van der Waals surface area contributed by atoms with Gasteiger partial charge in [0.1, 0.15) is 0 Å². The van der Waals surface area contributed by atoms with Gasteiger partial charge in [-0.1, -0.05) is 36.4 Å². The molecule has 1 amide bonds. The SMILES string of the molecule is O=C(CN[C@@H]1CNC[C@@H]1Cc1ccccc1)NCc1ccccn1. The quantitative estimate of drug-likeness (QED) is 0.714. The molecule has 2 atom stereocenters. The maximum Gasteiger partial charge on any atom is 0.234 e. The normalized spacial score (nSPS) is 20.0. The molecule has 0 unspecified atom stereocenters. The van der Waals surface area contributed by atoms with Crippen LogP contribution in [0.15, 0.2) is 54.7 Å². The van der Waals surface area contributed by atoms with E-state index in [0.29, 0.717) is 25.0 Å². The molecule has 2 aromatic rings. The lowest BCUT2D eigenvalue weighted by Crippen LogP contribution is -2.43. The molecule has 1 aromatic heterocycles. The van der Waals surface area contributed by atoms with Crippen LogP contribution in [0.3, 0.4) is 0 Å². The topological polar surface area (TPSA) is 66.1 Å². The molecule has 1 saturated heterocycles. The van der Waals surface area contributed by atoms with Gasteiger partial charge in [-0.25, -0.2) is 0 Å². The van der Waals surface area contributed by atoms with Crippen LogP contribution in [0.1, 0.15) is 11.3 Å². The Labute approximate surface area is 142 Å². The highest BCUT2D eigenvalue weighted by Crippen LogP contribution is 2.15. The molecule has 0 aliphatic carbocycles. The van der Waals surface area contributed by atoms with Gasteiger partial charge in [-0.15, -0.1) is 0 Å². The summed E-state index contributed by atoms with van der Waals surface area (Å²) in [6.45, 7) is 2.70. The van der Waals surface area contributed by atoms with E-state index in [1.807, 2.05) is 24.3 Å². The van der Waals surface area contributed by atoms with E-state index in [2.05, 4.69) is 45.2 Å². The van der Waals surface area contributed by atoms with Crippen LogP contribution in [0.4, 0.5) is 0 Å². The van der Waals surface area contributed by atoms with Crippen molar-refractivity contribution in [2.24, 2.45) is 5.92 Å².